The molecule has 0 aromatic heterocycles. The van der Waals surface area contributed by atoms with Gasteiger partial charge in [-0.3, -0.25) is 0 Å². The monoisotopic (exact) mass is 201 g/mol. The highest BCUT2D eigenvalue weighted by atomic mass is 35.5. The van der Waals surface area contributed by atoms with Crippen LogP contribution in [0.15, 0.2) is 11.6 Å². The fraction of sp³-hybridized carbons (Fsp3) is 0.714. The lowest BCUT2D eigenvalue weighted by Gasteiger charge is -2.14. The molecule has 0 aliphatic rings. The van der Waals surface area contributed by atoms with E-state index in [-0.39, 0.29) is 6.54 Å². The van der Waals surface area contributed by atoms with Crippen molar-refractivity contribution in [1.29, 1.82) is 0 Å². The van der Waals surface area contributed by atoms with Crippen molar-refractivity contribution >= 4 is 11.6 Å². The van der Waals surface area contributed by atoms with Crippen LogP contribution >= 0.6 is 11.6 Å². The van der Waals surface area contributed by atoms with E-state index in [2.05, 4.69) is 11.9 Å². The Balaban J connectivity index is 3.60. The second-order valence-corrected chi connectivity index (χ2v) is 3.15. The van der Waals surface area contributed by atoms with Gasteiger partial charge in [0.05, 0.1) is 6.42 Å². The molecule has 0 saturated heterocycles. The standard InChI is InChI=1S/C7H11ClF3N/c1-5(8)4-12-6(2)3-7(9,10)11/h6,12H,1,3-4H2,2H3. The molecule has 0 spiro atoms. The average molecular weight is 202 g/mol. The summed E-state index contributed by atoms with van der Waals surface area (Å²) in [7, 11) is 0. The zero-order valence-electron chi connectivity index (χ0n) is 6.71. The fourth-order valence-corrected chi connectivity index (χ4v) is 0.781. The Bertz CT molecular complexity index is 155. The van der Waals surface area contributed by atoms with E-state index >= 15 is 0 Å². The van der Waals surface area contributed by atoms with Gasteiger partial charge in [0.15, 0.2) is 0 Å². The lowest BCUT2D eigenvalue weighted by molar-refractivity contribution is -0.138. The first-order chi connectivity index (χ1) is 5.31. The molecule has 1 nitrogen and oxygen atoms in total. The van der Waals surface area contributed by atoms with Gasteiger partial charge in [0.2, 0.25) is 0 Å². The molecule has 0 bridgehead atoms. The highest BCUT2D eigenvalue weighted by Crippen LogP contribution is 2.21. The van der Waals surface area contributed by atoms with Gasteiger partial charge in [-0.15, -0.1) is 0 Å². The molecule has 5 heteroatoms. The Hall–Kier alpha value is -0.220. The molecule has 12 heavy (non-hydrogen) atoms. The molecule has 72 valence electrons. The van der Waals surface area contributed by atoms with Crippen LogP contribution in [0.2, 0.25) is 0 Å². The fourth-order valence-electron chi connectivity index (χ4n) is 0.704. The van der Waals surface area contributed by atoms with Gasteiger partial charge in [0.25, 0.3) is 0 Å². The molecule has 0 amide bonds. The zero-order valence-corrected chi connectivity index (χ0v) is 7.47. The molecule has 0 rings (SSSR count). The Morgan fingerprint density at radius 3 is 2.42 bits per heavy atom. The van der Waals surface area contributed by atoms with Crippen molar-refractivity contribution in [1.82, 2.24) is 5.32 Å². The molecule has 0 radical (unpaired) electrons. The molecular formula is C7H11ClF3N. The van der Waals surface area contributed by atoms with Gasteiger partial charge in [-0.1, -0.05) is 18.2 Å². The minimum absolute atomic E-state index is 0.207. The van der Waals surface area contributed by atoms with Gasteiger partial charge in [0.1, 0.15) is 0 Å². The van der Waals surface area contributed by atoms with Gasteiger partial charge in [-0.2, -0.15) is 13.2 Å². The third kappa shape index (κ3) is 7.88. The Morgan fingerprint density at radius 1 is 1.58 bits per heavy atom. The SMILES string of the molecule is C=C(Cl)CNC(C)CC(F)(F)F. The Labute approximate surface area is 74.6 Å². The van der Waals surface area contributed by atoms with Gasteiger partial charge in [-0.25, -0.2) is 0 Å². The molecule has 0 saturated carbocycles. The summed E-state index contributed by atoms with van der Waals surface area (Å²) < 4.78 is 35.2. The van der Waals surface area contributed by atoms with E-state index in [4.69, 9.17) is 11.6 Å². The highest BCUT2D eigenvalue weighted by molar-refractivity contribution is 6.29. The molecule has 1 unspecified atom stereocenters. The van der Waals surface area contributed by atoms with Crippen LogP contribution in [0.5, 0.6) is 0 Å². The summed E-state index contributed by atoms with van der Waals surface area (Å²) in [6.07, 6.45) is -4.97. The number of rotatable bonds is 4. The molecular weight excluding hydrogens is 191 g/mol. The maximum atomic E-state index is 11.7. The normalized spacial score (nSPS) is 14.4. The van der Waals surface area contributed by atoms with E-state index in [0.29, 0.717) is 5.03 Å². The number of alkyl halides is 3. The minimum atomic E-state index is -4.12. The van der Waals surface area contributed by atoms with Crippen molar-refractivity contribution in [2.45, 2.75) is 25.6 Å². The number of hydrogen-bond acceptors (Lipinski definition) is 1. The molecule has 1 N–H and O–H groups in total. The second kappa shape index (κ2) is 4.72. The van der Waals surface area contributed by atoms with Crippen LogP contribution in [-0.2, 0) is 0 Å². The van der Waals surface area contributed by atoms with E-state index < -0.39 is 18.6 Å². The minimum Gasteiger partial charge on any atom is -0.309 e. The highest BCUT2D eigenvalue weighted by Gasteiger charge is 2.29. The lowest BCUT2D eigenvalue weighted by Crippen LogP contribution is -2.31. The third-order valence-electron chi connectivity index (χ3n) is 1.18. The van der Waals surface area contributed by atoms with Crippen molar-refractivity contribution in [3.05, 3.63) is 11.6 Å². The molecule has 0 aromatic carbocycles. The van der Waals surface area contributed by atoms with Crippen LogP contribution in [0.25, 0.3) is 0 Å². The van der Waals surface area contributed by atoms with Crippen LogP contribution in [0.3, 0.4) is 0 Å². The molecule has 0 aliphatic heterocycles. The number of hydrogen-bond donors (Lipinski definition) is 1. The maximum Gasteiger partial charge on any atom is 0.390 e. The van der Waals surface area contributed by atoms with Gasteiger partial charge < -0.3 is 5.32 Å². The molecule has 0 aromatic rings. The first-order valence-corrected chi connectivity index (χ1v) is 3.82. The van der Waals surface area contributed by atoms with E-state index in [0.717, 1.165) is 0 Å². The largest absolute Gasteiger partial charge is 0.390 e. The van der Waals surface area contributed by atoms with Crippen LogP contribution in [0.4, 0.5) is 13.2 Å². The van der Waals surface area contributed by atoms with Crippen molar-refractivity contribution in [3.63, 3.8) is 0 Å². The Kier molecular flexibility index (Phi) is 4.63. The summed E-state index contributed by atoms with van der Waals surface area (Å²) in [5, 5.41) is 2.90. The molecule has 0 aliphatic carbocycles. The summed E-state index contributed by atoms with van der Waals surface area (Å²) >= 11 is 5.35. The molecule has 1 atom stereocenters. The van der Waals surface area contributed by atoms with Crippen molar-refractivity contribution < 1.29 is 13.2 Å². The quantitative estimate of drug-likeness (QED) is 0.738. The van der Waals surface area contributed by atoms with Crippen molar-refractivity contribution in [3.8, 4) is 0 Å². The van der Waals surface area contributed by atoms with Gasteiger partial charge >= 0.3 is 6.18 Å². The first kappa shape index (κ1) is 11.8. The third-order valence-corrected chi connectivity index (χ3v) is 1.31. The zero-order chi connectivity index (χ0) is 9.78. The number of nitrogens with one attached hydrogen (secondary N) is 1. The van der Waals surface area contributed by atoms with E-state index in [1.54, 1.807) is 0 Å². The summed E-state index contributed by atoms with van der Waals surface area (Å²) in [4.78, 5) is 0. The van der Waals surface area contributed by atoms with E-state index in [1.165, 1.54) is 6.92 Å². The summed E-state index contributed by atoms with van der Waals surface area (Å²) in [5.74, 6) is 0. The van der Waals surface area contributed by atoms with E-state index in [9.17, 15) is 13.2 Å². The van der Waals surface area contributed by atoms with Crippen LogP contribution in [-0.4, -0.2) is 18.8 Å². The lowest BCUT2D eigenvalue weighted by atomic mass is 10.2. The van der Waals surface area contributed by atoms with Crippen molar-refractivity contribution in [2.75, 3.05) is 6.54 Å². The summed E-state index contributed by atoms with van der Waals surface area (Å²) in [6, 6.07) is -0.625. The Morgan fingerprint density at radius 2 is 2.08 bits per heavy atom. The summed E-state index contributed by atoms with van der Waals surface area (Å²) in [5.41, 5.74) is 0. The molecule has 0 fully saturated rings. The van der Waals surface area contributed by atoms with Crippen LogP contribution < -0.4 is 5.32 Å². The molecule has 0 heterocycles. The van der Waals surface area contributed by atoms with Crippen molar-refractivity contribution in [2.24, 2.45) is 0 Å². The first-order valence-electron chi connectivity index (χ1n) is 3.44. The van der Waals surface area contributed by atoms with Gasteiger partial charge in [0, 0.05) is 17.6 Å². The smallest absolute Gasteiger partial charge is 0.309 e. The van der Waals surface area contributed by atoms with Crippen LogP contribution in [0.1, 0.15) is 13.3 Å². The van der Waals surface area contributed by atoms with Crippen LogP contribution in [0, 0.1) is 0 Å². The predicted molar refractivity (Wildman–Crippen MR) is 43.1 cm³/mol. The summed E-state index contributed by atoms with van der Waals surface area (Å²) in [6.45, 7) is 5.00. The van der Waals surface area contributed by atoms with E-state index in [1.807, 2.05) is 0 Å². The number of halogens is 4. The topological polar surface area (TPSA) is 12.0 Å². The predicted octanol–water partition coefficient (Wildman–Crippen LogP) is 2.67. The van der Waals surface area contributed by atoms with Gasteiger partial charge in [-0.05, 0) is 6.92 Å². The second-order valence-electron chi connectivity index (χ2n) is 2.62. The average Bonchev–Trinajstić information content (AvgIpc) is 1.79. The maximum absolute atomic E-state index is 11.7.